The zero-order chi connectivity index (χ0) is 15.0. The van der Waals surface area contributed by atoms with E-state index in [4.69, 9.17) is 10.3 Å². The van der Waals surface area contributed by atoms with Crippen LogP contribution in [-0.2, 0) is 5.54 Å². The van der Waals surface area contributed by atoms with Crippen LogP contribution in [0.25, 0.3) is 0 Å². The molecule has 0 saturated heterocycles. The van der Waals surface area contributed by atoms with Crippen molar-refractivity contribution in [2.24, 2.45) is 17.1 Å². The van der Waals surface area contributed by atoms with Crippen molar-refractivity contribution >= 4 is 0 Å². The van der Waals surface area contributed by atoms with Gasteiger partial charge in [0.1, 0.15) is 0 Å². The first kappa shape index (κ1) is 15.5. The van der Waals surface area contributed by atoms with Gasteiger partial charge in [0.05, 0.1) is 5.54 Å². The molecule has 0 spiro atoms. The van der Waals surface area contributed by atoms with Gasteiger partial charge < -0.3 is 10.3 Å². The minimum absolute atomic E-state index is 0.406. The van der Waals surface area contributed by atoms with Crippen molar-refractivity contribution in [3.63, 3.8) is 0 Å². The monoisotopic (exact) mass is 279 g/mol. The highest BCUT2D eigenvalue weighted by atomic mass is 16.5. The third-order valence-corrected chi connectivity index (χ3v) is 4.99. The van der Waals surface area contributed by atoms with E-state index in [1.54, 1.807) is 0 Å². The average molecular weight is 279 g/mol. The predicted octanol–water partition coefficient (Wildman–Crippen LogP) is 3.97. The molecular formula is C16H29N3O. The van der Waals surface area contributed by atoms with E-state index in [0.717, 1.165) is 31.1 Å². The molecule has 1 saturated carbocycles. The molecule has 0 bridgehead atoms. The highest BCUT2D eigenvalue weighted by Gasteiger charge is 2.33. The lowest BCUT2D eigenvalue weighted by molar-refractivity contribution is 0.159. The van der Waals surface area contributed by atoms with Crippen molar-refractivity contribution in [3.05, 3.63) is 11.7 Å². The normalized spacial score (nSPS) is 27.3. The minimum atomic E-state index is -0.482. The summed E-state index contributed by atoms with van der Waals surface area (Å²) in [6.45, 7) is 11.0. The molecule has 1 aliphatic carbocycles. The molecule has 1 unspecified atom stereocenters. The molecule has 20 heavy (non-hydrogen) atoms. The van der Waals surface area contributed by atoms with E-state index < -0.39 is 5.54 Å². The van der Waals surface area contributed by atoms with Crippen LogP contribution >= 0.6 is 0 Å². The maximum Gasteiger partial charge on any atom is 0.229 e. The van der Waals surface area contributed by atoms with Crippen LogP contribution in [0.1, 0.15) is 84.4 Å². The number of rotatable bonds is 3. The zero-order valence-corrected chi connectivity index (χ0v) is 13.6. The highest BCUT2D eigenvalue weighted by Crippen LogP contribution is 2.42. The number of nitrogens with zero attached hydrogens (tertiary/aromatic N) is 2. The lowest BCUT2D eigenvalue weighted by atomic mass is 9.70. The van der Waals surface area contributed by atoms with Gasteiger partial charge in [0, 0.05) is 5.92 Å². The first-order valence-corrected chi connectivity index (χ1v) is 7.87. The largest absolute Gasteiger partial charge is 0.339 e. The zero-order valence-electron chi connectivity index (χ0n) is 13.6. The quantitative estimate of drug-likeness (QED) is 0.909. The molecule has 0 radical (unpaired) electrons. The van der Waals surface area contributed by atoms with E-state index in [1.165, 1.54) is 12.8 Å². The number of aromatic nitrogens is 2. The SMILES string of the molecule is CCC(C)(N)c1noc(C2CCC(C(C)(C)C)CC2)n1. The van der Waals surface area contributed by atoms with Gasteiger partial charge in [-0.25, -0.2) is 0 Å². The predicted molar refractivity (Wildman–Crippen MR) is 80.3 cm³/mol. The molecule has 0 aromatic carbocycles. The second-order valence-corrected chi connectivity index (χ2v) is 7.64. The fourth-order valence-electron chi connectivity index (χ4n) is 3.00. The third-order valence-electron chi connectivity index (χ3n) is 4.99. The molecule has 1 aromatic heterocycles. The molecule has 4 heteroatoms. The van der Waals surface area contributed by atoms with Gasteiger partial charge in [-0.2, -0.15) is 4.98 Å². The van der Waals surface area contributed by atoms with Crippen LogP contribution in [0.3, 0.4) is 0 Å². The van der Waals surface area contributed by atoms with Crippen molar-refractivity contribution in [1.29, 1.82) is 0 Å². The lowest BCUT2D eigenvalue weighted by Gasteiger charge is -2.35. The first-order chi connectivity index (χ1) is 9.24. The number of hydrogen-bond acceptors (Lipinski definition) is 4. The molecule has 0 aliphatic heterocycles. The summed E-state index contributed by atoms with van der Waals surface area (Å²) in [5, 5.41) is 4.09. The van der Waals surface area contributed by atoms with E-state index in [9.17, 15) is 0 Å². The van der Waals surface area contributed by atoms with E-state index in [1.807, 2.05) is 13.8 Å². The number of hydrogen-bond donors (Lipinski definition) is 1. The fourth-order valence-corrected chi connectivity index (χ4v) is 3.00. The standard InChI is InChI=1S/C16H29N3O/c1-6-16(5,17)14-18-13(20-19-14)11-7-9-12(10-8-11)15(2,3)4/h11-12H,6-10,17H2,1-5H3. The second kappa shape index (κ2) is 5.47. The lowest BCUT2D eigenvalue weighted by Crippen LogP contribution is -2.33. The Morgan fingerprint density at radius 3 is 2.25 bits per heavy atom. The van der Waals surface area contributed by atoms with Gasteiger partial charge in [-0.05, 0) is 50.4 Å². The summed E-state index contributed by atoms with van der Waals surface area (Å²) in [6.07, 6.45) is 5.61. The molecule has 4 nitrogen and oxygen atoms in total. The summed E-state index contributed by atoms with van der Waals surface area (Å²) in [7, 11) is 0. The van der Waals surface area contributed by atoms with Gasteiger partial charge in [-0.15, -0.1) is 0 Å². The second-order valence-electron chi connectivity index (χ2n) is 7.64. The molecule has 1 aliphatic rings. The van der Waals surface area contributed by atoms with Crippen molar-refractivity contribution in [3.8, 4) is 0 Å². The first-order valence-electron chi connectivity index (χ1n) is 7.87. The molecule has 0 amide bonds. The Bertz CT molecular complexity index is 437. The van der Waals surface area contributed by atoms with Crippen LogP contribution in [0, 0.1) is 11.3 Å². The van der Waals surface area contributed by atoms with Gasteiger partial charge in [-0.1, -0.05) is 32.9 Å². The van der Waals surface area contributed by atoms with Crippen LogP contribution in [0.15, 0.2) is 4.52 Å². The highest BCUT2D eigenvalue weighted by molar-refractivity contribution is 5.04. The summed E-state index contributed by atoms with van der Waals surface area (Å²) in [4.78, 5) is 4.56. The Morgan fingerprint density at radius 2 is 1.75 bits per heavy atom. The summed E-state index contributed by atoms with van der Waals surface area (Å²) in [6, 6.07) is 0. The van der Waals surface area contributed by atoms with E-state index in [0.29, 0.717) is 17.2 Å². The smallest absolute Gasteiger partial charge is 0.229 e. The summed E-state index contributed by atoms with van der Waals surface area (Å²) in [5.74, 6) is 2.66. The van der Waals surface area contributed by atoms with Crippen LogP contribution in [0.4, 0.5) is 0 Å². The topological polar surface area (TPSA) is 64.9 Å². The van der Waals surface area contributed by atoms with Crippen molar-refractivity contribution in [2.75, 3.05) is 0 Å². The van der Waals surface area contributed by atoms with Gasteiger partial charge in [0.2, 0.25) is 5.89 Å². The molecule has 1 fully saturated rings. The van der Waals surface area contributed by atoms with E-state index in [-0.39, 0.29) is 0 Å². The van der Waals surface area contributed by atoms with Gasteiger partial charge >= 0.3 is 0 Å². The van der Waals surface area contributed by atoms with Crippen LogP contribution in [-0.4, -0.2) is 10.1 Å². The molecule has 1 atom stereocenters. The molecular weight excluding hydrogens is 250 g/mol. The summed E-state index contributed by atoms with van der Waals surface area (Å²) >= 11 is 0. The van der Waals surface area contributed by atoms with Crippen LogP contribution in [0.5, 0.6) is 0 Å². The Hall–Kier alpha value is -0.900. The Balaban J connectivity index is 2.01. The fraction of sp³-hybridized carbons (Fsp3) is 0.875. The van der Waals surface area contributed by atoms with E-state index in [2.05, 4.69) is 30.9 Å². The minimum Gasteiger partial charge on any atom is -0.339 e. The van der Waals surface area contributed by atoms with Gasteiger partial charge in [0.25, 0.3) is 0 Å². The molecule has 1 aromatic rings. The van der Waals surface area contributed by atoms with E-state index >= 15 is 0 Å². The Morgan fingerprint density at radius 1 is 1.15 bits per heavy atom. The summed E-state index contributed by atoms with van der Waals surface area (Å²) < 4.78 is 5.47. The molecule has 2 rings (SSSR count). The molecule has 1 heterocycles. The Labute approximate surface area is 122 Å². The van der Waals surface area contributed by atoms with Crippen molar-refractivity contribution in [2.45, 2.75) is 78.2 Å². The Kier molecular flexibility index (Phi) is 4.24. The van der Waals surface area contributed by atoms with Gasteiger partial charge in [-0.3, -0.25) is 0 Å². The van der Waals surface area contributed by atoms with Crippen molar-refractivity contribution < 1.29 is 4.52 Å². The van der Waals surface area contributed by atoms with Crippen LogP contribution < -0.4 is 5.73 Å². The maximum atomic E-state index is 6.17. The average Bonchev–Trinajstić information content (AvgIpc) is 2.88. The number of nitrogens with two attached hydrogens (primary N) is 1. The summed E-state index contributed by atoms with van der Waals surface area (Å²) in [5.41, 5.74) is 6.10. The van der Waals surface area contributed by atoms with Gasteiger partial charge in [0.15, 0.2) is 5.82 Å². The van der Waals surface area contributed by atoms with Crippen molar-refractivity contribution in [1.82, 2.24) is 10.1 Å². The van der Waals surface area contributed by atoms with Crippen LogP contribution in [0.2, 0.25) is 0 Å². The third kappa shape index (κ3) is 3.22. The maximum absolute atomic E-state index is 6.17. The molecule has 114 valence electrons. The molecule has 2 N–H and O–H groups in total.